The van der Waals surface area contributed by atoms with Gasteiger partial charge in [-0.05, 0) is 32.1 Å². The summed E-state index contributed by atoms with van der Waals surface area (Å²) < 4.78 is 13.6. The Morgan fingerprint density at radius 3 is 3.00 bits per heavy atom. The summed E-state index contributed by atoms with van der Waals surface area (Å²) in [5.41, 5.74) is 1.06. The Hall–Kier alpha value is -1.40. The van der Waals surface area contributed by atoms with Gasteiger partial charge in [-0.3, -0.25) is 4.79 Å². The Labute approximate surface area is 131 Å². The molecule has 0 aromatic carbocycles. The SMILES string of the molecule is CC[C@@H]1CC[C@H](C(=O)N[C@@H]2CCO[C@H](c3cncn3C)C2)O1. The lowest BCUT2D eigenvalue weighted by molar-refractivity contribution is -0.134. The van der Waals surface area contributed by atoms with Gasteiger partial charge in [0.15, 0.2) is 0 Å². The number of carbonyl (C=O) groups excluding carboxylic acids is 1. The number of rotatable bonds is 4. The first kappa shape index (κ1) is 15.5. The van der Waals surface area contributed by atoms with Gasteiger partial charge in [0.05, 0.1) is 24.3 Å². The van der Waals surface area contributed by atoms with Crippen molar-refractivity contribution < 1.29 is 14.3 Å². The van der Waals surface area contributed by atoms with Gasteiger partial charge in [0, 0.05) is 19.7 Å². The van der Waals surface area contributed by atoms with Crippen LogP contribution >= 0.6 is 0 Å². The van der Waals surface area contributed by atoms with Crippen LogP contribution in [0.25, 0.3) is 0 Å². The molecule has 0 aliphatic carbocycles. The van der Waals surface area contributed by atoms with E-state index in [4.69, 9.17) is 9.47 Å². The molecule has 1 amide bonds. The summed E-state index contributed by atoms with van der Waals surface area (Å²) >= 11 is 0. The molecular formula is C16H25N3O3. The first-order chi connectivity index (χ1) is 10.7. The van der Waals surface area contributed by atoms with Crippen LogP contribution in [0.4, 0.5) is 0 Å². The number of hydrogen-bond acceptors (Lipinski definition) is 4. The van der Waals surface area contributed by atoms with Gasteiger partial charge < -0.3 is 19.4 Å². The molecule has 3 rings (SSSR count). The predicted molar refractivity (Wildman–Crippen MR) is 81.3 cm³/mol. The van der Waals surface area contributed by atoms with Crippen molar-refractivity contribution in [3.8, 4) is 0 Å². The Balaban J connectivity index is 1.54. The smallest absolute Gasteiger partial charge is 0.249 e. The van der Waals surface area contributed by atoms with Crippen LogP contribution in [0.15, 0.2) is 12.5 Å². The van der Waals surface area contributed by atoms with Crippen LogP contribution in [0.2, 0.25) is 0 Å². The van der Waals surface area contributed by atoms with Gasteiger partial charge in [-0.15, -0.1) is 0 Å². The number of ether oxygens (including phenoxy) is 2. The number of nitrogens with zero attached hydrogens (tertiary/aromatic N) is 2. The molecule has 0 radical (unpaired) electrons. The second-order valence-corrected chi connectivity index (χ2v) is 6.25. The molecule has 6 heteroatoms. The summed E-state index contributed by atoms with van der Waals surface area (Å²) in [5.74, 6) is 0.0339. The fraction of sp³-hybridized carbons (Fsp3) is 0.750. The number of hydrogen-bond donors (Lipinski definition) is 1. The highest BCUT2D eigenvalue weighted by atomic mass is 16.5. The zero-order valence-electron chi connectivity index (χ0n) is 13.3. The fourth-order valence-electron chi connectivity index (χ4n) is 3.30. The van der Waals surface area contributed by atoms with Crippen LogP contribution in [0.1, 0.15) is 50.8 Å². The van der Waals surface area contributed by atoms with E-state index in [0.717, 1.165) is 37.8 Å². The largest absolute Gasteiger partial charge is 0.372 e. The molecule has 1 aromatic rings. The topological polar surface area (TPSA) is 65.4 Å². The number of aromatic nitrogens is 2. The second kappa shape index (κ2) is 6.79. The first-order valence-electron chi connectivity index (χ1n) is 8.21. The number of carbonyl (C=O) groups is 1. The van der Waals surface area contributed by atoms with Gasteiger partial charge in [0.25, 0.3) is 0 Å². The first-order valence-corrected chi connectivity index (χ1v) is 8.21. The Bertz CT molecular complexity index is 516. The van der Waals surface area contributed by atoms with Gasteiger partial charge in [-0.2, -0.15) is 0 Å². The molecule has 0 unspecified atom stereocenters. The fourth-order valence-corrected chi connectivity index (χ4v) is 3.30. The molecule has 2 fully saturated rings. The third-order valence-electron chi connectivity index (χ3n) is 4.67. The summed E-state index contributed by atoms with van der Waals surface area (Å²) in [7, 11) is 1.96. The van der Waals surface area contributed by atoms with Crippen LogP contribution in [-0.2, 0) is 21.3 Å². The number of amides is 1. The molecule has 2 aliphatic rings. The van der Waals surface area contributed by atoms with Crippen molar-refractivity contribution in [3.05, 3.63) is 18.2 Å². The van der Waals surface area contributed by atoms with Gasteiger partial charge in [-0.1, -0.05) is 6.92 Å². The van der Waals surface area contributed by atoms with Crippen molar-refractivity contribution in [1.82, 2.24) is 14.9 Å². The maximum absolute atomic E-state index is 12.3. The number of aryl methyl sites for hydroxylation is 1. The van der Waals surface area contributed by atoms with Crippen molar-refractivity contribution in [2.24, 2.45) is 7.05 Å². The quantitative estimate of drug-likeness (QED) is 0.920. The van der Waals surface area contributed by atoms with Crippen LogP contribution < -0.4 is 5.32 Å². The molecule has 122 valence electrons. The lowest BCUT2D eigenvalue weighted by Gasteiger charge is -2.30. The minimum Gasteiger partial charge on any atom is -0.372 e. The highest BCUT2D eigenvalue weighted by molar-refractivity contribution is 5.81. The van der Waals surface area contributed by atoms with E-state index in [-0.39, 0.29) is 30.3 Å². The van der Waals surface area contributed by atoms with Crippen LogP contribution in [0.5, 0.6) is 0 Å². The maximum atomic E-state index is 12.3. The predicted octanol–water partition coefficient (Wildman–Crippen LogP) is 1.71. The highest BCUT2D eigenvalue weighted by Gasteiger charge is 2.32. The van der Waals surface area contributed by atoms with Gasteiger partial charge in [-0.25, -0.2) is 4.98 Å². The van der Waals surface area contributed by atoms with Crippen molar-refractivity contribution in [3.63, 3.8) is 0 Å². The highest BCUT2D eigenvalue weighted by Crippen LogP contribution is 2.28. The molecule has 1 aromatic heterocycles. The van der Waals surface area contributed by atoms with Gasteiger partial charge in [0.2, 0.25) is 5.91 Å². The van der Waals surface area contributed by atoms with E-state index in [1.807, 2.05) is 17.8 Å². The van der Waals surface area contributed by atoms with Crippen molar-refractivity contribution in [1.29, 1.82) is 0 Å². The van der Waals surface area contributed by atoms with E-state index in [2.05, 4.69) is 17.2 Å². The van der Waals surface area contributed by atoms with Crippen molar-refractivity contribution in [2.45, 2.75) is 63.4 Å². The average Bonchev–Trinajstić information content (AvgIpc) is 3.16. The number of imidazole rings is 1. The molecule has 6 nitrogen and oxygen atoms in total. The molecule has 0 bridgehead atoms. The third kappa shape index (κ3) is 3.33. The lowest BCUT2D eigenvalue weighted by Crippen LogP contribution is -2.44. The molecular weight excluding hydrogens is 282 g/mol. The standard InChI is InChI=1S/C16H25N3O3/c1-3-12-4-5-14(22-12)16(20)18-11-6-7-21-15(8-11)13-9-17-10-19(13)2/h9-12,14-15H,3-8H2,1-2H3,(H,18,20)/t11-,12-,14-,15+/m1/s1. The van der Waals surface area contributed by atoms with Crippen LogP contribution in [0, 0.1) is 0 Å². The summed E-state index contributed by atoms with van der Waals surface area (Å²) in [6.45, 7) is 2.76. The van der Waals surface area contributed by atoms with E-state index < -0.39 is 0 Å². The molecule has 2 saturated heterocycles. The summed E-state index contributed by atoms with van der Waals surface area (Å²) in [6.07, 6.45) is 8.01. The van der Waals surface area contributed by atoms with E-state index in [0.29, 0.717) is 6.61 Å². The van der Waals surface area contributed by atoms with Gasteiger partial charge in [0.1, 0.15) is 12.2 Å². The Morgan fingerprint density at radius 1 is 1.45 bits per heavy atom. The summed E-state index contributed by atoms with van der Waals surface area (Å²) in [4.78, 5) is 16.5. The molecule has 0 spiro atoms. The van der Waals surface area contributed by atoms with Crippen molar-refractivity contribution in [2.75, 3.05) is 6.61 Å². The molecule has 22 heavy (non-hydrogen) atoms. The van der Waals surface area contributed by atoms with E-state index in [1.165, 1.54) is 0 Å². The van der Waals surface area contributed by atoms with Crippen molar-refractivity contribution >= 4 is 5.91 Å². The Morgan fingerprint density at radius 2 is 2.32 bits per heavy atom. The van der Waals surface area contributed by atoms with Gasteiger partial charge >= 0.3 is 0 Å². The summed E-state index contributed by atoms with van der Waals surface area (Å²) in [6, 6.07) is 0.144. The molecule has 3 heterocycles. The van der Waals surface area contributed by atoms with Crippen LogP contribution in [-0.4, -0.2) is 40.3 Å². The van der Waals surface area contributed by atoms with E-state index >= 15 is 0 Å². The lowest BCUT2D eigenvalue weighted by atomic mass is 10.0. The third-order valence-corrected chi connectivity index (χ3v) is 4.67. The minimum absolute atomic E-state index is 0.000522. The molecule has 1 N–H and O–H groups in total. The minimum atomic E-state index is -0.275. The monoisotopic (exact) mass is 307 g/mol. The average molecular weight is 307 g/mol. The summed E-state index contributed by atoms with van der Waals surface area (Å²) in [5, 5.41) is 3.14. The molecule has 2 aliphatic heterocycles. The zero-order chi connectivity index (χ0) is 15.5. The number of nitrogens with one attached hydrogen (secondary N) is 1. The maximum Gasteiger partial charge on any atom is 0.249 e. The molecule has 4 atom stereocenters. The normalized spacial score (nSPS) is 32.1. The van der Waals surface area contributed by atoms with E-state index in [1.54, 1.807) is 6.33 Å². The zero-order valence-corrected chi connectivity index (χ0v) is 13.3. The second-order valence-electron chi connectivity index (χ2n) is 6.25. The molecule has 0 saturated carbocycles. The van der Waals surface area contributed by atoms with E-state index in [9.17, 15) is 4.79 Å². The van der Waals surface area contributed by atoms with Crippen LogP contribution in [0.3, 0.4) is 0 Å². The Kier molecular flexibility index (Phi) is 4.78.